The van der Waals surface area contributed by atoms with Crippen molar-refractivity contribution in [1.82, 2.24) is 4.90 Å². The molecule has 3 aliphatic rings. The molecule has 1 aromatic rings. The van der Waals surface area contributed by atoms with Gasteiger partial charge in [-0.3, -0.25) is 4.79 Å². The molecule has 5 atom stereocenters. The largest absolute Gasteiger partial charge is 0.366 e. The Kier molecular flexibility index (Phi) is 4.23. The van der Waals surface area contributed by atoms with Gasteiger partial charge >= 0.3 is 0 Å². The van der Waals surface area contributed by atoms with Crippen LogP contribution in [-0.4, -0.2) is 30.4 Å². The number of fused-ring (bicyclic) bond motifs is 2. The standard InChI is InChI=1S/C22H30N2O/c1-15-13-24(14-19-11-16-6-7-17(19)10-16)9-8-22(15,2)20-5-3-4-18(12-20)21(23)25/h3-7,12,15-17,19H,8-11,13-14H2,1-2H3,(H2,23,25)/t15-,16?,17?,19?,22+/m0/s1. The van der Waals surface area contributed by atoms with Gasteiger partial charge in [0.15, 0.2) is 0 Å². The molecule has 4 rings (SSSR count). The summed E-state index contributed by atoms with van der Waals surface area (Å²) in [7, 11) is 0. The fraction of sp³-hybridized carbons (Fsp3) is 0.591. The Hall–Kier alpha value is -1.61. The summed E-state index contributed by atoms with van der Waals surface area (Å²) in [4.78, 5) is 14.2. The van der Waals surface area contributed by atoms with Gasteiger partial charge < -0.3 is 10.6 Å². The first-order valence-electron chi connectivity index (χ1n) is 9.77. The molecule has 1 saturated carbocycles. The Morgan fingerprint density at radius 3 is 2.80 bits per heavy atom. The molecule has 2 N–H and O–H groups in total. The number of primary amides is 1. The minimum absolute atomic E-state index is 0.122. The number of allylic oxidation sites excluding steroid dienone is 2. The number of carbonyl (C=O) groups excluding carboxylic acids is 1. The van der Waals surface area contributed by atoms with Gasteiger partial charge in [0.25, 0.3) is 0 Å². The zero-order valence-electron chi connectivity index (χ0n) is 15.4. The second-order valence-corrected chi connectivity index (χ2v) is 8.81. The van der Waals surface area contributed by atoms with Gasteiger partial charge in [0.2, 0.25) is 5.91 Å². The molecule has 2 aliphatic carbocycles. The van der Waals surface area contributed by atoms with Crippen molar-refractivity contribution in [3.63, 3.8) is 0 Å². The van der Waals surface area contributed by atoms with E-state index in [-0.39, 0.29) is 11.3 Å². The highest BCUT2D eigenvalue weighted by Crippen LogP contribution is 2.45. The van der Waals surface area contributed by atoms with Gasteiger partial charge in [-0.05, 0) is 72.6 Å². The van der Waals surface area contributed by atoms with Crippen molar-refractivity contribution in [2.45, 2.75) is 38.5 Å². The van der Waals surface area contributed by atoms with Crippen molar-refractivity contribution in [2.24, 2.45) is 29.4 Å². The van der Waals surface area contributed by atoms with E-state index in [9.17, 15) is 4.79 Å². The van der Waals surface area contributed by atoms with E-state index in [0.717, 1.165) is 37.3 Å². The van der Waals surface area contributed by atoms with E-state index in [2.05, 4.69) is 37.0 Å². The molecule has 0 radical (unpaired) electrons. The Morgan fingerprint density at radius 1 is 1.32 bits per heavy atom. The maximum atomic E-state index is 11.5. The molecule has 134 valence electrons. The molecule has 2 fully saturated rings. The molecule has 3 heteroatoms. The van der Waals surface area contributed by atoms with Crippen molar-refractivity contribution in [1.29, 1.82) is 0 Å². The second-order valence-electron chi connectivity index (χ2n) is 8.81. The number of benzene rings is 1. The molecule has 3 nitrogen and oxygen atoms in total. The van der Waals surface area contributed by atoms with E-state index >= 15 is 0 Å². The van der Waals surface area contributed by atoms with Crippen LogP contribution in [0.15, 0.2) is 36.4 Å². The monoisotopic (exact) mass is 338 g/mol. The lowest BCUT2D eigenvalue weighted by Gasteiger charge is -2.46. The van der Waals surface area contributed by atoms with Crippen LogP contribution in [0.2, 0.25) is 0 Å². The van der Waals surface area contributed by atoms with Crippen LogP contribution in [0.25, 0.3) is 0 Å². The van der Waals surface area contributed by atoms with Crippen LogP contribution in [0, 0.1) is 23.7 Å². The summed E-state index contributed by atoms with van der Waals surface area (Å²) in [5, 5.41) is 0. The van der Waals surface area contributed by atoms with Gasteiger partial charge in [0, 0.05) is 18.7 Å². The minimum Gasteiger partial charge on any atom is -0.366 e. The number of rotatable bonds is 4. The summed E-state index contributed by atoms with van der Waals surface area (Å²) in [6.07, 6.45) is 8.83. The van der Waals surface area contributed by atoms with Crippen LogP contribution >= 0.6 is 0 Å². The average molecular weight is 338 g/mol. The second kappa shape index (κ2) is 6.28. The minimum atomic E-state index is -0.333. The Morgan fingerprint density at radius 2 is 2.16 bits per heavy atom. The molecule has 1 heterocycles. The SMILES string of the molecule is C[C@H]1CN(CC2CC3C=CC2C3)CC[C@@]1(C)c1cccc(C(N)=O)c1. The highest BCUT2D eigenvalue weighted by Gasteiger charge is 2.41. The van der Waals surface area contributed by atoms with E-state index in [0.29, 0.717) is 11.5 Å². The van der Waals surface area contributed by atoms with Gasteiger partial charge in [0.05, 0.1) is 0 Å². The molecule has 2 bridgehead atoms. The topological polar surface area (TPSA) is 46.3 Å². The van der Waals surface area contributed by atoms with Gasteiger partial charge in [-0.1, -0.05) is 38.1 Å². The number of nitrogens with zero attached hydrogens (tertiary/aromatic N) is 1. The molecule has 0 aromatic heterocycles. The number of likely N-dealkylation sites (tertiary alicyclic amines) is 1. The van der Waals surface area contributed by atoms with Gasteiger partial charge in [-0.2, -0.15) is 0 Å². The van der Waals surface area contributed by atoms with E-state index in [1.54, 1.807) is 0 Å². The van der Waals surface area contributed by atoms with E-state index in [1.807, 2.05) is 18.2 Å². The van der Waals surface area contributed by atoms with Crippen molar-refractivity contribution >= 4 is 5.91 Å². The van der Waals surface area contributed by atoms with Crippen LogP contribution in [0.5, 0.6) is 0 Å². The molecule has 1 saturated heterocycles. The van der Waals surface area contributed by atoms with Crippen molar-refractivity contribution in [2.75, 3.05) is 19.6 Å². The fourth-order valence-electron chi connectivity index (χ4n) is 5.38. The molecule has 1 amide bonds. The Bertz CT molecular complexity index is 697. The maximum absolute atomic E-state index is 11.5. The van der Waals surface area contributed by atoms with Gasteiger partial charge in [-0.15, -0.1) is 0 Å². The summed E-state index contributed by atoms with van der Waals surface area (Å²) in [6, 6.07) is 7.97. The first-order chi connectivity index (χ1) is 12.0. The smallest absolute Gasteiger partial charge is 0.248 e. The molecule has 1 aliphatic heterocycles. The summed E-state index contributed by atoms with van der Waals surface area (Å²) in [5.41, 5.74) is 7.49. The summed E-state index contributed by atoms with van der Waals surface area (Å²) < 4.78 is 0. The van der Waals surface area contributed by atoms with Crippen LogP contribution in [-0.2, 0) is 5.41 Å². The van der Waals surface area contributed by atoms with Gasteiger partial charge in [0.1, 0.15) is 0 Å². The zero-order valence-corrected chi connectivity index (χ0v) is 15.4. The lowest BCUT2D eigenvalue weighted by molar-refractivity contribution is 0.0921. The highest BCUT2D eigenvalue weighted by atomic mass is 16.1. The fourth-order valence-corrected chi connectivity index (χ4v) is 5.38. The number of amides is 1. The third-order valence-electron chi connectivity index (χ3n) is 7.28. The average Bonchev–Trinajstić information content (AvgIpc) is 3.21. The van der Waals surface area contributed by atoms with Crippen LogP contribution in [0.1, 0.15) is 49.0 Å². The summed E-state index contributed by atoms with van der Waals surface area (Å²) in [6.45, 7) is 8.28. The van der Waals surface area contributed by atoms with E-state index in [1.165, 1.54) is 24.9 Å². The summed E-state index contributed by atoms with van der Waals surface area (Å²) >= 11 is 0. The lowest BCUT2D eigenvalue weighted by atomic mass is 9.67. The molecule has 3 unspecified atom stereocenters. The number of carbonyl (C=O) groups is 1. The van der Waals surface area contributed by atoms with Crippen molar-refractivity contribution in [3.8, 4) is 0 Å². The van der Waals surface area contributed by atoms with Crippen LogP contribution < -0.4 is 5.73 Å². The number of piperidine rings is 1. The first-order valence-corrected chi connectivity index (χ1v) is 9.77. The maximum Gasteiger partial charge on any atom is 0.248 e. The molecule has 1 aromatic carbocycles. The van der Waals surface area contributed by atoms with E-state index in [4.69, 9.17) is 5.73 Å². The molecule has 25 heavy (non-hydrogen) atoms. The van der Waals surface area contributed by atoms with Gasteiger partial charge in [-0.25, -0.2) is 0 Å². The molecule has 0 spiro atoms. The van der Waals surface area contributed by atoms with E-state index < -0.39 is 0 Å². The lowest BCUT2D eigenvalue weighted by Crippen LogP contribution is -2.48. The molecular weight excluding hydrogens is 308 g/mol. The first kappa shape index (κ1) is 16.8. The zero-order chi connectivity index (χ0) is 17.6. The Labute approximate surface area is 151 Å². The summed E-state index contributed by atoms with van der Waals surface area (Å²) in [5.74, 6) is 2.79. The van der Waals surface area contributed by atoms with Crippen molar-refractivity contribution in [3.05, 3.63) is 47.5 Å². The van der Waals surface area contributed by atoms with Crippen molar-refractivity contribution < 1.29 is 4.79 Å². The normalized spacial score (nSPS) is 37.5. The number of nitrogens with two attached hydrogens (primary N) is 1. The Balaban J connectivity index is 1.44. The number of hydrogen-bond donors (Lipinski definition) is 1. The third-order valence-corrected chi connectivity index (χ3v) is 7.28. The highest BCUT2D eigenvalue weighted by molar-refractivity contribution is 5.92. The quantitative estimate of drug-likeness (QED) is 0.853. The third kappa shape index (κ3) is 3.03. The predicted octanol–water partition coefficient (Wildman–Crippen LogP) is 3.60. The van der Waals surface area contributed by atoms with Crippen LogP contribution in [0.3, 0.4) is 0 Å². The van der Waals surface area contributed by atoms with Crippen LogP contribution in [0.4, 0.5) is 0 Å². The predicted molar refractivity (Wildman–Crippen MR) is 101 cm³/mol. The number of hydrogen-bond acceptors (Lipinski definition) is 2. The molecular formula is C22H30N2O.